The van der Waals surface area contributed by atoms with Crippen LogP contribution < -0.4 is 10.3 Å². The van der Waals surface area contributed by atoms with Gasteiger partial charge < -0.3 is 4.74 Å². The zero-order valence-corrected chi connectivity index (χ0v) is 15.1. The molecule has 0 bridgehead atoms. The van der Waals surface area contributed by atoms with E-state index in [4.69, 9.17) is 4.74 Å². The molecule has 0 unspecified atom stereocenters. The Morgan fingerprint density at radius 2 is 1.92 bits per heavy atom. The summed E-state index contributed by atoms with van der Waals surface area (Å²) in [6, 6.07) is 10.1. The molecule has 3 aromatic rings. The third-order valence-corrected chi connectivity index (χ3v) is 4.80. The van der Waals surface area contributed by atoms with Gasteiger partial charge in [0.2, 0.25) is 0 Å². The molecular weight excluding hydrogens is 320 g/mol. The topological polar surface area (TPSA) is 44.1 Å². The van der Waals surface area contributed by atoms with E-state index in [-0.39, 0.29) is 11.0 Å². The van der Waals surface area contributed by atoms with Crippen molar-refractivity contribution in [2.45, 2.75) is 39.2 Å². The molecule has 0 aliphatic heterocycles. The maximum atomic E-state index is 12.3. The Kier molecular flexibility index (Phi) is 4.71. The summed E-state index contributed by atoms with van der Waals surface area (Å²) in [6.45, 7) is 7.76. The maximum Gasteiger partial charge on any atom is 0.262 e. The molecule has 0 fully saturated rings. The molecule has 0 atom stereocenters. The zero-order valence-electron chi connectivity index (χ0n) is 14.3. The van der Waals surface area contributed by atoms with Crippen LogP contribution in [0.2, 0.25) is 0 Å². The van der Waals surface area contributed by atoms with Crippen LogP contribution in [0, 0.1) is 0 Å². The number of fused-ring (bicyclic) bond motifs is 1. The summed E-state index contributed by atoms with van der Waals surface area (Å²) >= 11 is 1.49. The maximum absolute atomic E-state index is 12.3. The fraction of sp³-hybridized carbons (Fsp3) is 0.368. The standard InChI is InChI=1S/C19H22N2O2S/c1-19(2,3)14-5-7-15(8-6-14)23-11-4-10-21-13-20-17-16(18(21)22)9-12-24-17/h5-9,12-13H,4,10-11H2,1-3H3. The molecule has 2 aromatic heterocycles. The first-order valence-electron chi connectivity index (χ1n) is 8.11. The Balaban J connectivity index is 1.55. The Morgan fingerprint density at radius 1 is 1.17 bits per heavy atom. The molecule has 0 aliphatic rings. The smallest absolute Gasteiger partial charge is 0.262 e. The van der Waals surface area contributed by atoms with Gasteiger partial charge in [-0.1, -0.05) is 32.9 Å². The van der Waals surface area contributed by atoms with Crippen molar-refractivity contribution in [3.63, 3.8) is 0 Å². The summed E-state index contributed by atoms with van der Waals surface area (Å²) in [7, 11) is 0. The highest BCUT2D eigenvalue weighted by Crippen LogP contribution is 2.24. The highest BCUT2D eigenvalue weighted by molar-refractivity contribution is 7.16. The van der Waals surface area contributed by atoms with Crippen LogP contribution >= 0.6 is 11.3 Å². The minimum absolute atomic E-state index is 0.0239. The molecule has 5 heteroatoms. The van der Waals surface area contributed by atoms with Gasteiger partial charge in [0.25, 0.3) is 5.56 Å². The lowest BCUT2D eigenvalue weighted by molar-refractivity contribution is 0.300. The van der Waals surface area contributed by atoms with Crippen LogP contribution in [0.3, 0.4) is 0 Å². The van der Waals surface area contributed by atoms with Gasteiger partial charge in [0.1, 0.15) is 10.6 Å². The van der Waals surface area contributed by atoms with Crippen LogP contribution in [0.5, 0.6) is 5.75 Å². The van der Waals surface area contributed by atoms with E-state index in [1.807, 2.05) is 23.6 Å². The van der Waals surface area contributed by atoms with Crippen molar-refractivity contribution in [2.75, 3.05) is 6.61 Å². The SMILES string of the molecule is CC(C)(C)c1ccc(OCCCn2cnc3sccc3c2=O)cc1. The molecule has 2 heterocycles. The molecule has 0 N–H and O–H groups in total. The molecule has 0 radical (unpaired) electrons. The third-order valence-electron chi connectivity index (χ3n) is 3.98. The Morgan fingerprint density at radius 3 is 2.62 bits per heavy atom. The minimum atomic E-state index is 0.0239. The van der Waals surface area contributed by atoms with Crippen molar-refractivity contribution in [3.8, 4) is 5.75 Å². The first-order chi connectivity index (χ1) is 11.4. The fourth-order valence-electron chi connectivity index (χ4n) is 2.53. The van der Waals surface area contributed by atoms with Crippen molar-refractivity contribution >= 4 is 21.6 Å². The molecule has 4 nitrogen and oxygen atoms in total. The molecule has 0 saturated carbocycles. The van der Waals surface area contributed by atoms with E-state index in [1.165, 1.54) is 16.9 Å². The van der Waals surface area contributed by atoms with Crippen LogP contribution in [0.15, 0.2) is 46.8 Å². The normalized spacial score (nSPS) is 11.8. The lowest BCUT2D eigenvalue weighted by atomic mass is 9.87. The molecule has 0 aliphatic carbocycles. The third kappa shape index (κ3) is 3.67. The summed E-state index contributed by atoms with van der Waals surface area (Å²) < 4.78 is 7.43. The van der Waals surface area contributed by atoms with Crippen molar-refractivity contribution in [3.05, 3.63) is 58.0 Å². The fourth-order valence-corrected chi connectivity index (χ4v) is 3.25. The van der Waals surface area contributed by atoms with Crippen LogP contribution in [-0.2, 0) is 12.0 Å². The number of aromatic nitrogens is 2. The second kappa shape index (κ2) is 6.77. The summed E-state index contributed by atoms with van der Waals surface area (Å²) in [4.78, 5) is 17.4. The van der Waals surface area contributed by atoms with Gasteiger partial charge in [-0.2, -0.15) is 0 Å². The number of thiophene rings is 1. The molecule has 0 amide bonds. The van der Waals surface area contributed by atoms with E-state index in [0.717, 1.165) is 17.0 Å². The Bertz CT molecular complexity index is 873. The van der Waals surface area contributed by atoms with Crippen LogP contribution in [0.1, 0.15) is 32.8 Å². The number of hydrogen-bond donors (Lipinski definition) is 0. The van der Waals surface area contributed by atoms with Crippen molar-refractivity contribution in [1.29, 1.82) is 0 Å². The number of benzene rings is 1. The lowest BCUT2D eigenvalue weighted by Crippen LogP contribution is -2.21. The van der Waals surface area contributed by atoms with Gasteiger partial charge in [0.15, 0.2) is 0 Å². The second-order valence-corrected chi connectivity index (χ2v) is 7.75. The molecule has 126 valence electrons. The van der Waals surface area contributed by atoms with Crippen LogP contribution in [-0.4, -0.2) is 16.2 Å². The van der Waals surface area contributed by atoms with Gasteiger partial charge in [-0.15, -0.1) is 11.3 Å². The summed E-state index contributed by atoms with van der Waals surface area (Å²) in [5.74, 6) is 0.863. The van der Waals surface area contributed by atoms with Gasteiger partial charge in [-0.25, -0.2) is 4.98 Å². The molecule has 0 saturated heterocycles. The number of nitrogens with zero attached hydrogens (tertiary/aromatic N) is 2. The van der Waals surface area contributed by atoms with E-state index in [9.17, 15) is 4.79 Å². The van der Waals surface area contributed by atoms with E-state index in [1.54, 1.807) is 10.9 Å². The average Bonchev–Trinajstić information content (AvgIpc) is 3.02. The molecule has 1 aromatic carbocycles. The van der Waals surface area contributed by atoms with E-state index < -0.39 is 0 Å². The van der Waals surface area contributed by atoms with Gasteiger partial charge in [-0.05, 0) is 41.0 Å². The minimum Gasteiger partial charge on any atom is -0.494 e. The van der Waals surface area contributed by atoms with Gasteiger partial charge in [0, 0.05) is 6.54 Å². The van der Waals surface area contributed by atoms with Gasteiger partial charge >= 0.3 is 0 Å². The first kappa shape index (κ1) is 16.7. The van der Waals surface area contributed by atoms with E-state index >= 15 is 0 Å². The predicted molar refractivity (Wildman–Crippen MR) is 99.1 cm³/mol. The Labute approximate surface area is 145 Å². The summed E-state index contributed by atoms with van der Waals surface area (Å²) in [6.07, 6.45) is 2.39. The number of aryl methyl sites for hydroxylation is 1. The van der Waals surface area contributed by atoms with Crippen LogP contribution in [0.25, 0.3) is 10.2 Å². The van der Waals surface area contributed by atoms with Crippen molar-refractivity contribution < 1.29 is 4.74 Å². The molecule has 24 heavy (non-hydrogen) atoms. The predicted octanol–water partition coefficient (Wildman–Crippen LogP) is 4.22. The highest BCUT2D eigenvalue weighted by Gasteiger charge is 2.12. The lowest BCUT2D eigenvalue weighted by Gasteiger charge is -2.19. The van der Waals surface area contributed by atoms with Gasteiger partial charge in [-0.3, -0.25) is 9.36 Å². The number of ether oxygens (including phenoxy) is 1. The summed E-state index contributed by atoms with van der Waals surface area (Å²) in [5.41, 5.74) is 1.46. The van der Waals surface area contributed by atoms with Crippen LogP contribution in [0.4, 0.5) is 0 Å². The monoisotopic (exact) mass is 342 g/mol. The summed E-state index contributed by atoms with van der Waals surface area (Å²) in [5, 5.41) is 2.59. The van der Waals surface area contributed by atoms with E-state index in [0.29, 0.717) is 18.5 Å². The average molecular weight is 342 g/mol. The Hall–Kier alpha value is -2.14. The second-order valence-electron chi connectivity index (χ2n) is 6.86. The first-order valence-corrected chi connectivity index (χ1v) is 8.99. The zero-order chi connectivity index (χ0) is 17.2. The quantitative estimate of drug-likeness (QED) is 0.652. The molecular formula is C19H22N2O2S. The van der Waals surface area contributed by atoms with Crippen molar-refractivity contribution in [2.24, 2.45) is 0 Å². The molecule has 0 spiro atoms. The number of hydrogen-bond acceptors (Lipinski definition) is 4. The van der Waals surface area contributed by atoms with Crippen molar-refractivity contribution in [1.82, 2.24) is 9.55 Å². The van der Waals surface area contributed by atoms with E-state index in [2.05, 4.69) is 37.9 Å². The molecule has 3 rings (SSSR count). The van der Waals surface area contributed by atoms with Gasteiger partial charge in [0.05, 0.1) is 18.3 Å². The largest absolute Gasteiger partial charge is 0.494 e. The highest BCUT2D eigenvalue weighted by atomic mass is 32.1. The number of rotatable bonds is 5.